The molecule has 3 N–H and O–H groups in total. The molecule has 2 atom stereocenters. The predicted molar refractivity (Wildman–Crippen MR) is 87.7 cm³/mol. The molecule has 1 aliphatic carbocycles. The Balaban J connectivity index is 1.82. The summed E-state index contributed by atoms with van der Waals surface area (Å²) in [6.45, 7) is 2.65. The summed E-state index contributed by atoms with van der Waals surface area (Å²) >= 11 is 1.56. The van der Waals surface area contributed by atoms with E-state index in [1.807, 2.05) is 31.4 Å². The lowest BCUT2D eigenvalue weighted by Crippen LogP contribution is -2.47. The predicted octanol–water partition coefficient (Wildman–Crippen LogP) is 2.13. The lowest BCUT2D eigenvalue weighted by Gasteiger charge is -2.23. The number of carbonyl (C=O) groups is 1. The fraction of sp³-hybridized carbons (Fsp3) is 0.562. The van der Waals surface area contributed by atoms with Crippen LogP contribution in [0.5, 0.6) is 0 Å². The van der Waals surface area contributed by atoms with Crippen molar-refractivity contribution in [1.82, 2.24) is 10.6 Å². The Hall–Kier alpha value is -1.20. The molecule has 0 saturated heterocycles. The second-order valence-electron chi connectivity index (χ2n) is 5.72. The number of amides is 2. The quantitative estimate of drug-likeness (QED) is 0.723. The molecular formula is C16H24N2O2S. The zero-order valence-corrected chi connectivity index (χ0v) is 13.5. The van der Waals surface area contributed by atoms with Crippen LogP contribution in [-0.2, 0) is 5.41 Å². The van der Waals surface area contributed by atoms with Crippen LogP contribution in [0.15, 0.2) is 30.3 Å². The average Bonchev–Trinajstić information content (AvgIpc) is 3.28. The van der Waals surface area contributed by atoms with Gasteiger partial charge in [-0.15, -0.1) is 0 Å². The summed E-state index contributed by atoms with van der Waals surface area (Å²) in [6, 6.07) is 10.1. The molecule has 116 valence electrons. The van der Waals surface area contributed by atoms with Crippen molar-refractivity contribution >= 4 is 17.8 Å². The minimum atomic E-state index is -0.155. The molecule has 0 aliphatic heterocycles. The van der Waals surface area contributed by atoms with Crippen molar-refractivity contribution in [3.63, 3.8) is 0 Å². The Morgan fingerprint density at radius 2 is 2.05 bits per heavy atom. The van der Waals surface area contributed by atoms with E-state index in [0.717, 1.165) is 12.8 Å². The van der Waals surface area contributed by atoms with E-state index in [0.29, 0.717) is 6.54 Å². The van der Waals surface area contributed by atoms with Crippen molar-refractivity contribution in [1.29, 1.82) is 0 Å². The van der Waals surface area contributed by atoms with E-state index in [1.165, 1.54) is 5.56 Å². The molecule has 1 aromatic carbocycles. The monoisotopic (exact) mass is 308 g/mol. The molecule has 5 heteroatoms. The first kappa shape index (κ1) is 16.2. The number of carbonyl (C=O) groups excluding carboxylic acids is 1. The van der Waals surface area contributed by atoms with Gasteiger partial charge in [0.15, 0.2) is 0 Å². The van der Waals surface area contributed by atoms with Crippen LogP contribution in [-0.4, -0.2) is 41.8 Å². The standard InChI is InChI=1S/C16H24N2O2S/c1-12(14(10-19)21-2)18-15(20)17-11-16(8-9-16)13-6-4-3-5-7-13/h3-7,12,14,19H,8-11H2,1-2H3,(H2,17,18,20). The smallest absolute Gasteiger partial charge is 0.315 e. The minimum absolute atomic E-state index is 0.0276. The van der Waals surface area contributed by atoms with E-state index < -0.39 is 0 Å². The molecule has 1 aromatic rings. The lowest BCUT2D eigenvalue weighted by molar-refractivity contribution is 0.231. The zero-order valence-electron chi connectivity index (χ0n) is 12.6. The van der Waals surface area contributed by atoms with E-state index in [1.54, 1.807) is 11.8 Å². The van der Waals surface area contributed by atoms with E-state index in [4.69, 9.17) is 0 Å². The number of thioether (sulfide) groups is 1. The van der Waals surface area contributed by atoms with Gasteiger partial charge in [-0.05, 0) is 31.6 Å². The molecule has 21 heavy (non-hydrogen) atoms. The molecule has 0 spiro atoms. The minimum Gasteiger partial charge on any atom is -0.395 e. The highest BCUT2D eigenvalue weighted by molar-refractivity contribution is 7.99. The van der Waals surface area contributed by atoms with Crippen LogP contribution < -0.4 is 10.6 Å². The Kier molecular flexibility index (Phi) is 5.53. The fourth-order valence-electron chi connectivity index (χ4n) is 2.55. The maximum Gasteiger partial charge on any atom is 0.315 e. The molecule has 0 heterocycles. The lowest BCUT2D eigenvalue weighted by atomic mass is 9.96. The van der Waals surface area contributed by atoms with Gasteiger partial charge < -0.3 is 15.7 Å². The normalized spacial score (nSPS) is 18.6. The summed E-state index contributed by atoms with van der Waals surface area (Å²) in [7, 11) is 0. The molecule has 0 aromatic heterocycles. The van der Waals surface area contributed by atoms with Crippen molar-refractivity contribution in [2.24, 2.45) is 0 Å². The second kappa shape index (κ2) is 7.18. The molecule has 2 unspecified atom stereocenters. The van der Waals surface area contributed by atoms with Crippen LogP contribution in [0.4, 0.5) is 4.79 Å². The van der Waals surface area contributed by atoms with Crippen molar-refractivity contribution in [3.8, 4) is 0 Å². The largest absolute Gasteiger partial charge is 0.395 e. The number of benzene rings is 1. The molecule has 1 saturated carbocycles. The highest BCUT2D eigenvalue weighted by atomic mass is 32.2. The molecule has 4 nitrogen and oxygen atoms in total. The summed E-state index contributed by atoms with van der Waals surface area (Å²) in [4.78, 5) is 12.0. The first-order valence-corrected chi connectivity index (χ1v) is 8.63. The van der Waals surface area contributed by atoms with Gasteiger partial charge in [0, 0.05) is 23.3 Å². The maximum absolute atomic E-state index is 12.0. The summed E-state index contributed by atoms with van der Waals surface area (Å²) in [5.41, 5.74) is 1.42. The number of rotatable bonds is 7. The molecule has 0 radical (unpaired) electrons. The molecule has 2 amide bonds. The third kappa shape index (κ3) is 4.14. The zero-order chi connectivity index (χ0) is 15.3. The van der Waals surface area contributed by atoms with E-state index in [9.17, 15) is 9.90 Å². The van der Waals surface area contributed by atoms with Crippen LogP contribution in [0.2, 0.25) is 0 Å². The van der Waals surface area contributed by atoms with Gasteiger partial charge in [-0.3, -0.25) is 0 Å². The van der Waals surface area contributed by atoms with Gasteiger partial charge >= 0.3 is 6.03 Å². The van der Waals surface area contributed by atoms with Gasteiger partial charge in [0.05, 0.1) is 6.61 Å². The summed E-state index contributed by atoms with van der Waals surface area (Å²) in [5, 5.41) is 15.1. The summed E-state index contributed by atoms with van der Waals surface area (Å²) < 4.78 is 0. The van der Waals surface area contributed by atoms with E-state index >= 15 is 0 Å². The average molecular weight is 308 g/mol. The number of urea groups is 1. The number of aliphatic hydroxyl groups excluding tert-OH is 1. The van der Waals surface area contributed by atoms with Crippen LogP contribution in [0.25, 0.3) is 0 Å². The second-order valence-corrected chi connectivity index (χ2v) is 6.80. The fourth-order valence-corrected chi connectivity index (χ4v) is 3.17. The first-order valence-electron chi connectivity index (χ1n) is 7.35. The van der Waals surface area contributed by atoms with Gasteiger partial charge in [-0.1, -0.05) is 30.3 Å². The molecule has 1 aliphatic rings. The molecular weight excluding hydrogens is 284 g/mol. The van der Waals surface area contributed by atoms with Crippen molar-refractivity contribution in [2.75, 3.05) is 19.4 Å². The maximum atomic E-state index is 12.0. The number of hydrogen-bond donors (Lipinski definition) is 3. The Labute approximate surface area is 130 Å². The van der Waals surface area contributed by atoms with Gasteiger partial charge in [0.25, 0.3) is 0 Å². The third-order valence-corrected chi connectivity index (χ3v) is 5.39. The Morgan fingerprint density at radius 3 is 2.57 bits per heavy atom. The topological polar surface area (TPSA) is 61.4 Å². The van der Waals surface area contributed by atoms with E-state index in [2.05, 4.69) is 22.8 Å². The number of nitrogens with one attached hydrogen (secondary N) is 2. The van der Waals surface area contributed by atoms with Crippen LogP contribution in [0.1, 0.15) is 25.3 Å². The number of hydrogen-bond acceptors (Lipinski definition) is 3. The summed E-state index contributed by atoms with van der Waals surface area (Å²) in [5.74, 6) is 0. The SMILES string of the molecule is CSC(CO)C(C)NC(=O)NCC1(c2ccccc2)CC1. The van der Waals surface area contributed by atoms with Crippen molar-refractivity contribution in [3.05, 3.63) is 35.9 Å². The highest BCUT2D eigenvalue weighted by Gasteiger charge is 2.44. The highest BCUT2D eigenvalue weighted by Crippen LogP contribution is 2.47. The van der Waals surface area contributed by atoms with Crippen molar-refractivity contribution < 1.29 is 9.90 Å². The first-order chi connectivity index (χ1) is 10.1. The van der Waals surface area contributed by atoms with Crippen molar-refractivity contribution in [2.45, 2.75) is 36.5 Å². The van der Waals surface area contributed by atoms with Crippen LogP contribution in [0.3, 0.4) is 0 Å². The Bertz CT molecular complexity index is 459. The Morgan fingerprint density at radius 1 is 1.38 bits per heavy atom. The van der Waals surface area contributed by atoms with Crippen LogP contribution >= 0.6 is 11.8 Å². The van der Waals surface area contributed by atoms with Gasteiger partial charge in [0.1, 0.15) is 0 Å². The molecule has 1 fully saturated rings. The molecule has 0 bridgehead atoms. The third-order valence-electron chi connectivity index (χ3n) is 4.23. The molecule has 2 rings (SSSR count). The van der Waals surface area contributed by atoms with Gasteiger partial charge in [-0.25, -0.2) is 4.79 Å². The van der Waals surface area contributed by atoms with Crippen LogP contribution in [0, 0.1) is 0 Å². The summed E-state index contributed by atoms with van der Waals surface area (Å²) in [6.07, 6.45) is 4.18. The number of aliphatic hydroxyl groups is 1. The van der Waals surface area contributed by atoms with Gasteiger partial charge in [-0.2, -0.15) is 11.8 Å². The van der Waals surface area contributed by atoms with E-state index in [-0.39, 0.29) is 29.3 Å². The van der Waals surface area contributed by atoms with Gasteiger partial charge in [0.2, 0.25) is 0 Å².